The van der Waals surface area contributed by atoms with Gasteiger partial charge in [-0.2, -0.15) is 0 Å². The van der Waals surface area contributed by atoms with E-state index < -0.39 is 0 Å². The van der Waals surface area contributed by atoms with E-state index in [1.807, 2.05) is 13.1 Å². The molecule has 0 radical (unpaired) electrons. The molecule has 2 heterocycles. The van der Waals surface area contributed by atoms with Gasteiger partial charge >= 0.3 is 0 Å². The van der Waals surface area contributed by atoms with Gasteiger partial charge in [0.1, 0.15) is 10.7 Å². The molecule has 1 N–H and O–H groups in total. The van der Waals surface area contributed by atoms with Gasteiger partial charge in [-0.3, -0.25) is 0 Å². The third-order valence-corrected chi connectivity index (χ3v) is 3.91. The Morgan fingerprint density at radius 3 is 3.00 bits per heavy atom. The molecule has 2 aromatic rings. The molecule has 0 amide bonds. The summed E-state index contributed by atoms with van der Waals surface area (Å²) in [6, 6.07) is 0. The lowest BCUT2D eigenvalue weighted by Crippen LogP contribution is -2.12. The summed E-state index contributed by atoms with van der Waals surface area (Å²) >= 11 is 3.39. The number of nitrogens with zero attached hydrogens (tertiary/aromatic N) is 2. The molecule has 0 aliphatic carbocycles. The molecule has 0 saturated heterocycles. The van der Waals surface area contributed by atoms with Crippen molar-refractivity contribution in [3.05, 3.63) is 21.5 Å². The van der Waals surface area contributed by atoms with Crippen LogP contribution < -0.4 is 5.32 Å². The van der Waals surface area contributed by atoms with Gasteiger partial charge in [-0.15, -0.1) is 22.7 Å². The van der Waals surface area contributed by atoms with E-state index in [9.17, 15) is 0 Å². The molecule has 0 unspecified atom stereocenters. The number of aryl methyl sites for hydroxylation is 1. The zero-order chi connectivity index (χ0) is 11.4. The molecular formula is C11H15N3S2. The first kappa shape index (κ1) is 11.7. The van der Waals surface area contributed by atoms with E-state index in [0.717, 1.165) is 35.2 Å². The summed E-state index contributed by atoms with van der Waals surface area (Å²) in [6.07, 6.45) is 3.11. The molecule has 0 atom stereocenters. The first-order valence-electron chi connectivity index (χ1n) is 5.37. The van der Waals surface area contributed by atoms with Crippen LogP contribution in [-0.4, -0.2) is 16.5 Å². The largest absolute Gasteiger partial charge is 0.312 e. The third-order valence-electron chi connectivity index (χ3n) is 2.12. The Morgan fingerprint density at radius 2 is 2.31 bits per heavy atom. The normalized spacial score (nSPS) is 10.9. The highest BCUT2D eigenvalue weighted by atomic mass is 32.1. The summed E-state index contributed by atoms with van der Waals surface area (Å²) in [5.41, 5.74) is 1.01. The second kappa shape index (κ2) is 5.52. The molecule has 3 nitrogen and oxygen atoms in total. The van der Waals surface area contributed by atoms with Crippen molar-refractivity contribution in [2.75, 3.05) is 6.54 Å². The number of thiazole rings is 2. The smallest absolute Gasteiger partial charge is 0.142 e. The van der Waals surface area contributed by atoms with Gasteiger partial charge < -0.3 is 5.32 Å². The van der Waals surface area contributed by atoms with Crippen LogP contribution in [0.3, 0.4) is 0 Å². The van der Waals surface area contributed by atoms with Gasteiger partial charge in [0.15, 0.2) is 0 Å². The summed E-state index contributed by atoms with van der Waals surface area (Å²) in [5.74, 6) is 0. The molecule has 0 aliphatic rings. The Morgan fingerprint density at radius 1 is 1.44 bits per heavy atom. The minimum atomic E-state index is 0.911. The fourth-order valence-electron chi connectivity index (χ4n) is 1.36. The highest BCUT2D eigenvalue weighted by Gasteiger charge is 2.07. The van der Waals surface area contributed by atoms with Crippen LogP contribution in [0.2, 0.25) is 0 Å². The SMILES string of the molecule is CCCNCc1cnc(-c2csc(C)n2)s1. The summed E-state index contributed by atoms with van der Waals surface area (Å²) in [6.45, 7) is 6.16. The van der Waals surface area contributed by atoms with Crippen LogP contribution in [0.4, 0.5) is 0 Å². The molecular weight excluding hydrogens is 238 g/mol. The zero-order valence-electron chi connectivity index (χ0n) is 9.49. The average Bonchev–Trinajstić information content (AvgIpc) is 2.87. The van der Waals surface area contributed by atoms with Crippen LogP contribution in [0.1, 0.15) is 23.2 Å². The molecule has 5 heteroatoms. The van der Waals surface area contributed by atoms with Crippen molar-refractivity contribution in [2.45, 2.75) is 26.8 Å². The summed E-state index contributed by atoms with van der Waals surface area (Å²) < 4.78 is 0. The second-order valence-electron chi connectivity index (χ2n) is 3.56. The van der Waals surface area contributed by atoms with Crippen LogP contribution in [0.25, 0.3) is 10.7 Å². The molecule has 0 aliphatic heterocycles. The van der Waals surface area contributed by atoms with E-state index in [1.54, 1.807) is 22.7 Å². The van der Waals surface area contributed by atoms with Crippen LogP contribution in [0.5, 0.6) is 0 Å². The Balaban J connectivity index is 2.02. The van der Waals surface area contributed by atoms with E-state index in [4.69, 9.17) is 0 Å². The molecule has 0 fully saturated rings. The lowest BCUT2D eigenvalue weighted by atomic mass is 10.4. The van der Waals surface area contributed by atoms with Gasteiger partial charge in [0, 0.05) is 23.0 Å². The highest BCUT2D eigenvalue weighted by molar-refractivity contribution is 7.15. The lowest BCUT2D eigenvalue weighted by molar-refractivity contribution is 0.681. The van der Waals surface area contributed by atoms with Crippen molar-refractivity contribution in [2.24, 2.45) is 0 Å². The predicted octanol–water partition coefficient (Wildman–Crippen LogP) is 3.07. The Labute approximate surface area is 104 Å². The van der Waals surface area contributed by atoms with Gasteiger partial charge in [0.25, 0.3) is 0 Å². The fourth-order valence-corrected chi connectivity index (χ4v) is 2.87. The topological polar surface area (TPSA) is 37.8 Å². The van der Waals surface area contributed by atoms with E-state index in [0.29, 0.717) is 0 Å². The molecule has 2 aromatic heterocycles. The second-order valence-corrected chi connectivity index (χ2v) is 5.74. The first-order valence-corrected chi connectivity index (χ1v) is 7.07. The molecule has 16 heavy (non-hydrogen) atoms. The van der Waals surface area contributed by atoms with E-state index in [2.05, 4.69) is 27.6 Å². The van der Waals surface area contributed by atoms with E-state index >= 15 is 0 Å². The first-order chi connectivity index (χ1) is 7.79. The van der Waals surface area contributed by atoms with E-state index in [1.165, 1.54) is 4.88 Å². The predicted molar refractivity (Wildman–Crippen MR) is 70.0 cm³/mol. The molecule has 2 rings (SSSR count). The third kappa shape index (κ3) is 2.87. The van der Waals surface area contributed by atoms with Crippen LogP contribution >= 0.6 is 22.7 Å². The van der Waals surface area contributed by atoms with E-state index in [-0.39, 0.29) is 0 Å². The highest BCUT2D eigenvalue weighted by Crippen LogP contribution is 2.26. The minimum absolute atomic E-state index is 0.911. The van der Waals surface area contributed by atoms with Crippen LogP contribution in [0.15, 0.2) is 11.6 Å². The van der Waals surface area contributed by atoms with Gasteiger partial charge in [-0.05, 0) is 19.9 Å². The van der Waals surface area contributed by atoms with Crippen LogP contribution in [-0.2, 0) is 6.54 Å². The number of rotatable bonds is 5. The van der Waals surface area contributed by atoms with Crippen LogP contribution in [0, 0.1) is 6.92 Å². The van der Waals surface area contributed by atoms with Gasteiger partial charge in [-0.1, -0.05) is 6.92 Å². The summed E-state index contributed by atoms with van der Waals surface area (Å²) in [4.78, 5) is 10.1. The average molecular weight is 253 g/mol. The molecule has 0 bridgehead atoms. The molecule has 0 spiro atoms. The van der Waals surface area contributed by atoms with Crippen molar-refractivity contribution in [3.8, 4) is 10.7 Å². The zero-order valence-corrected chi connectivity index (χ0v) is 11.1. The molecule has 86 valence electrons. The maximum absolute atomic E-state index is 4.44. The number of hydrogen-bond donors (Lipinski definition) is 1. The minimum Gasteiger partial charge on any atom is -0.312 e. The maximum Gasteiger partial charge on any atom is 0.142 e. The standard InChI is InChI=1S/C11H15N3S2/c1-3-4-12-5-9-6-13-11(16-9)10-7-15-8(2)14-10/h6-7,12H,3-5H2,1-2H3. The van der Waals surface area contributed by atoms with Gasteiger partial charge in [0.2, 0.25) is 0 Å². The Kier molecular flexibility index (Phi) is 4.04. The van der Waals surface area contributed by atoms with Crippen molar-refractivity contribution in [1.29, 1.82) is 0 Å². The summed E-state index contributed by atoms with van der Waals surface area (Å²) in [7, 11) is 0. The number of aromatic nitrogens is 2. The monoisotopic (exact) mass is 253 g/mol. The van der Waals surface area contributed by atoms with Gasteiger partial charge in [-0.25, -0.2) is 9.97 Å². The quantitative estimate of drug-likeness (QED) is 0.832. The maximum atomic E-state index is 4.44. The van der Waals surface area contributed by atoms with Crippen molar-refractivity contribution in [1.82, 2.24) is 15.3 Å². The van der Waals surface area contributed by atoms with Gasteiger partial charge in [0.05, 0.1) is 5.01 Å². The number of hydrogen-bond acceptors (Lipinski definition) is 5. The lowest BCUT2D eigenvalue weighted by Gasteiger charge is -1.97. The summed E-state index contributed by atoms with van der Waals surface area (Å²) in [5, 5.41) is 7.56. The van der Waals surface area contributed by atoms with Crippen molar-refractivity contribution in [3.63, 3.8) is 0 Å². The molecule has 0 aromatic carbocycles. The Hall–Kier alpha value is -0.780. The number of nitrogens with one attached hydrogen (secondary N) is 1. The van der Waals surface area contributed by atoms with Crippen molar-refractivity contribution >= 4 is 22.7 Å². The fraction of sp³-hybridized carbons (Fsp3) is 0.455. The van der Waals surface area contributed by atoms with Crippen molar-refractivity contribution < 1.29 is 0 Å². The molecule has 0 saturated carbocycles. The Bertz CT molecular complexity index is 448.